The molecule has 3 rings (SSSR count). The predicted octanol–water partition coefficient (Wildman–Crippen LogP) is 3.03. The smallest absolute Gasteiger partial charge is 0.276 e. The highest BCUT2D eigenvalue weighted by molar-refractivity contribution is 5.92. The molecule has 7 heteroatoms. The summed E-state index contributed by atoms with van der Waals surface area (Å²) >= 11 is 0. The minimum Gasteiger partial charge on any atom is -0.484 e. The molecule has 1 aromatic heterocycles. The summed E-state index contributed by atoms with van der Waals surface area (Å²) in [5, 5.41) is 0. The van der Waals surface area contributed by atoms with E-state index in [0.29, 0.717) is 24.8 Å². The van der Waals surface area contributed by atoms with E-state index in [9.17, 15) is 9.18 Å². The van der Waals surface area contributed by atoms with Crippen LogP contribution < -0.4 is 4.74 Å². The Kier molecular flexibility index (Phi) is 5.65. The Morgan fingerprint density at radius 1 is 1.36 bits per heavy atom. The molecule has 0 spiro atoms. The van der Waals surface area contributed by atoms with E-state index in [4.69, 9.17) is 13.9 Å². The molecule has 0 bridgehead atoms. The van der Waals surface area contributed by atoms with Gasteiger partial charge in [-0.05, 0) is 43.5 Å². The number of hydrogen-bond acceptors (Lipinski definition) is 5. The maximum absolute atomic E-state index is 12.9. The molecule has 6 nitrogen and oxygen atoms in total. The zero-order valence-electron chi connectivity index (χ0n) is 14.1. The van der Waals surface area contributed by atoms with Crippen LogP contribution in [0.1, 0.15) is 35.6 Å². The Balaban J connectivity index is 1.61. The highest BCUT2D eigenvalue weighted by Gasteiger charge is 2.29. The molecule has 0 unspecified atom stereocenters. The van der Waals surface area contributed by atoms with Crippen molar-refractivity contribution in [1.29, 1.82) is 0 Å². The van der Waals surface area contributed by atoms with Gasteiger partial charge in [0.05, 0.1) is 12.6 Å². The van der Waals surface area contributed by atoms with E-state index in [1.165, 1.54) is 30.5 Å². The first-order valence-corrected chi connectivity index (χ1v) is 8.30. The summed E-state index contributed by atoms with van der Waals surface area (Å²) < 4.78 is 28.9. The lowest BCUT2D eigenvalue weighted by Gasteiger charge is -2.34. The maximum atomic E-state index is 12.9. The van der Waals surface area contributed by atoms with Crippen LogP contribution in [0.3, 0.4) is 0 Å². The summed E-state index contributed by atoms with van der Waals surface area (Å²) in [6, 6.07) is 5.74. The van der Waals surface area contributed by atoms with Crippen LogP contribution in [0, 0.1) is 5.82 Å². The number of hydrogen-bond donors (Lipinski definition) is 0. The van der Waals surface area contributed by atoms with E-state index in [2.05, 4.69) is 4.98 Å². The van der Waals surface area contributed by atoms with E-state index in [1.54, 1.807) is 12.0 Å². The molecule has 1 aliphatic heterocycles. The Morgan fingerprint density at radius 3 is 2.92 bits per heavy atom. The van der Waals surface area contributed by atoms with Crippen molar-refractivity contribution in [2.75, 3.05) is 20.3 Å². The first-order chi connectivity index (χ1) is 12.2. The number of carbonyl (C=O) groups excluding carboxylic acids is 1. The van der Waals surface area contributed by atoms with Crippen LogP contribution >= 0.6 is 0 Å². The Hall–Kier alpha value is -2.41. The number of halogens is 1. The lowest BCUT2D eigenvalue weighted by molar-refractivity contribution is 0.0423. The molecular formula is C18H21FN2O4. The molecule has 2 heterocycles. The van der Waals surface area contributed by atoms with Crippen molar-refractivity contribution in [3.63, 3.8) is 0 Å². The summed E-state index contributed by atoms with van der Waals surface area (Å²) in [5.74, 6) is 0.318. The minimum absolute atomic E-state index is 0.0699. The van der Waals surface area contributed by atoms with Crippen molar-refractivity contribution in [2.45, 2.75) is 31.9 Å². The summed E-state index contributed by atoms with van der Waals surface area (Å²) in [5.41, 5.74) is 0.265. The summed E-state index contributed by atoms with van der Waals surface area (Å²) in [4.78, 5) is 18.7. The number of nitrogens with zero attached hydrogens (tertiary/aromatic N) is 2. The predicted molar refractivity (Wildman–Crippen MR) is 87.8 cm³/mol. The van der Waals surface area contributed by atoms with Crippen LogP contribution in [0.2, 0.25) is 0 Å². The highest BCUT2D eigenvalue weighted by atomic mass is 19.1. The van der Waals surface area contributed by atoms with Crippen LogP contribution in [-0.2, 0) is 11.3 Å². The molecule has 0 N–H and O–H groups in total. The topological polar surface area (TPSA) is 64.8 Å². The molecule has 1 aromatic carbocycles. The number of methoxy groups -OCH3 is 1. The summed E-state index contributed by atoms with van der Waals surface area (Å²) in [7, 11) is 1.64. The zero-order valence-corrected chi connectivity index (χ0v) is 14.1. The molecule has 0 radical (unpaired) electrons. The number of piperidine rings is 1. The SMILES string of the molecule is COC[C@@H]1CCCCN1C(=O)c1coc(COc2ccc(F)cc2)n1. The number of benzene rings is 1. The van der Waals surface area contributed by atoms with Crippen LogP contribution in [0.15, 0.2) is 34.9 Å². The fraction of sp³-hybridized carbons (Fsp3) is 0.444. The van der Waals surface area contributed by atoms with Crippen molar-refractivity contribution in [3.05, 3.63) is 47.9 Å². The summed E-state index contributed by atoms with van der Waals surface area (Å²) in [6.45, 7) is 1.28. The molecule has 25 heavy (non-hydrogen) atoms. The molecule has 134 valence electrons. The molecule has 0 saturated carbocycles. The fourth-order valence-electron chi connectivity index (χ4n) is 2.93. The molecule has 1 fully saturated rings. The lowest BCUT2D eigenvalue weighted by atomic mass is 10.0. The van der Waals surface area contributed by atoms with Gasteiger partial charge in [-0.3, -0.25) is 4.79 Å². The molecule has 0 aliphatic carbocycles. The first-order valence-electron chi connectivity index (χ1n) is 8.30. The number of oxazole rings is 1. The standard InChI is InChI=1S/C18H21FN2O4/c1-23-10-14-4-2-3-9-21(14)18(22)16-11-25-17(20-16)12-24-15-7-5-13(19)6-8-15/h5-8,11,14H,2-4,9-10,12H2,1H3/t14-/m0/s1. The second-order valence-corrected chi connectivity index (χ2v) is 5.97. The number of amides is 1. The van der Waals surface area contributed by atoms with Crippen molar-refractivity contribution < 1.29 is 23.1 Å². The van der Waals surface area contributed by atoms with Crippen LogP contribution in [-0.4, -0.2) is 42.1 Å². The normalized spacial score (nSPS) is 17.5. The zero-order chi connectivity index (χ0) is 17.6. The number of aromatic nitrogens is 1. The Morgan fingerprint density at radius 2 is 2.16 bits per heavy atom. The van der Waals surface area contributed by atoms with Crippen molar-refractivity contribution in [1.82, 2.24) is 9.88 Å². The fourth-order valence-corrected chi connectivity index (χ4v) is 2.93. The van der Waals surface area contributed by atoms with Crippen LogP contribution in [0.25, 0.3) is 0 Å². The minimum atomic E-state index is -0.330. The highest BCUT2D eigenvalue weighted by Crippen LogP contribution is 2.20. The van der Waals surface area contributed by atoms with Crippen LogP contribution in [0.4, 0.5) is 4.39 Å². The van der Waals surface area contributed by atoms with Gasteiger partial charge in [-0.15, -0.1) is 0 Å². The van der Waals surface area contributed by atoms with E-state index in [1.807, 2.05) is 0 Å². The summed E-state index contributed by atoms with van der Waals surface area (Å²) in [6.07, 6.45) is 4.35. The molecule has 1 aliphatic rings. The average Bonchev–Trinajstić information content (AvgIpc) is 3.10. The largest absolute Gasteiger partial charge is 0.484 e. The van der Waals surface area contributed by atoms with Crippen molar-refractivity contribution in [3.8, 4) is 5.75 Å². The quantitative estimate of drug-likeness (QED) is 0.803. The van der Waals surface area contributed by atoms with Gasteiger partial charge < -0.3 is 18.8 Å². The number of likely N-dealkylation sites (tertiary alicyclic amines) is 1. The molecular weight excluding hydrogens is 327 g/mol. The van der Waals surface area contributed by atoms with E-state index >= 15 is 0 Å². The van der Waals surface area contributed by atoms with Gasteiger partial charge in [0.25, 0.3) is 5.91 Å². The molecule has 2 aromatic rings. The monoisotopic (exact) mass is 348 g/mol. The van der Waals surface area contributed by atoms with E-state index < -0.39 is 0 Å². The van der Waals surface area contributed by atoms with Gasteiger partial charge in [0.1, 0.15) is 17.8 Å². The van der Waals surface area contributed by atoms with Gasteiger partial charge in [-0.2, -0.15) is 0 Å². The number of carbonyl (C=O) groups is 1. The Bertz CT molecular complexity index is 699. The Labute approximate surface area is 145 Å². The maximum Gasteiger partial charge on any atom is 0.276 e. The third-order valence-electron chi connectivity index (χ3n) is 4.19. The van der Waals surface area contributed by atoms with E-state index in [-0.39, 0.29) is 30.1 Å². The molecule has 1 saturated heterocycles. The van der Waals surface area contributed by atoms with Gasteiger partial charge in [0.15, 0.2) is 12.3 Å². The second-order valence-electron chi connectivity index (χ2n) is 5.97. The second kappa shape index (κ2) is 8.11. The van der Waals surface area contributed by atoms with Crippen molar-refractivity contribution in [2.24, 2.45) is 0 Å². The third-order valence-corrected chi connectivity index (χ3v) is 4.19. The van der Waals surface area contributed by atoms with Crippen LogP contribution in [0.5, 0.6) is 5.75 Å². The van der Waals surface area contributed by atoms with Gasteiger partial charge in [0.2, 0.25) is 5.89 Å². The van der Waals surface area contributed by atoms with Gasteiger partial charge in [-0.25, -0.2) is 9.37 Å². The van der Waals surface area contributed by atoms with Gasteiger partial charge >= 0.3 is 0 Å². The average molecular weight is 348 g/mol. The molecule has 1 atom stereocenters. The van der Waals surface area contributed by atoms with Gasteiger partial charge in [0, 0.05) is 13.7 Å². The molecule has 1 amide bonds. The lowest BCUT2D eigenvalue weighted by Crippen LogP contribution is -2.46. The van der Waals surface area contributed by atoms with Gasteiger partial charge in [-0.1, -0.05) is 0 Å². The third kappa shape index (κ3) is 4.36. The first kappa shape index (κ1) is 17.4. The van der Waals surface area contributed by atoms with Crippen molar-refractivity contribution >= 4 is 5.91 Å². The number of ether oxygens (including phenoxy) is 2. The van der Waals surface area contributed by atoms with E-state index in [0.717, 1.165) is 19.3 Å². The number of rotatable bonds is 6.